The maximum Gasteiger partial charge on any atom is 1.00 e. The molecular formula is C12H4I2Na4O12S4. The van der Waals surface area contributed by atoms with Crippen LogP contribution in [-0.2, 0) is 40.5 Å². The van der Waals surface area contributed by atoms with Crippen molar-refractivity contribution in [2.24, 2.45) is 0 Å². The van der Waals surface area contributed by atoms with Crippen molar-refractivity contribution in [3.05, 3.63) is 31.4 Å². The molecule has 0 atom stereocenters. The summed E-state index contributed by atoms with van der Waals surface area (Å²) in [7, 11) is -22.7. The van der Waals surface area contributed by atoms with Crippen LogP contribution in [0.1, 0.15) is 0 Å². The Morgan fingerprint density at radius 2 is 0.588 bits per heavy atom. The van der Waals surface area contributed by atoms with Gasteiger partial charge < -0.3 is 18.2 Å². The zero-order valence-electron chi connectivity index (χ0n) is 17.6. The molecule has 0 unspecified atom stereocenters. The topological polar surface area (TPSA) is 229 Å². The van der Waals surface area contributed by atoms with Crippen LogP contribution in [-0.4, -0.2) is 51.9 Å². The van der Waals surface area contributed by atoms with Crippen molar-refractivity contribution in [3.63, 3.8) is 0 Å². The molecule has 0 aliphatic heterocycles. The summed E-state index contributed by atoms with van der Waals surface area (Å²) in [6.45, 7) is 0. The first-order chi connectivity index (χ1) is 13.2. The van der Waals surface area contributed by atoms with Crippen molar-refractivity contribution in [2.45, 2.75) is 19.6 Å². The van der Waals surface area contributed by atoms with E-state index >= 15 is 0 Å². The smallest absolute Gasteiger partial charge is 0.744 e. The standard InChI is InChI=1S/C12H8I2O12S4.4Na/c13-5-1-7(27(15,16)17)11(8(2-5)28(18,19)20)12-9(29(21,22)23)3-6(14)4-10(12)30(24,25)26;;;;/h1-4H,(H,15,16,17)(H,18,19,20)(H,21,22,23)(H,24,25,26);;;;/q;4*+1/p-4. The minimum absolute atomic E-state index is 0. The molecule has 0 spiro atoms. The summed E-state index contributed by atoms with van der Waals surface area (Å²) in [5, 5.41) is 0. The van der Waals surface area contributed by atoms with E-state index in [1.807, 2.05) is 0 Å². The molecule has 0 aliphatic rings. The van der Waals surface area contributed by atoms with Crippen LogP contribution in [0.25, 0.3) is 11.1 Å². The third kappa shape index (κ3) is 10.5. The summed E-state index contributed by atoms with van der Waals surface area (Å²) in [5.41, 5.74) is -3.00. The molecule has 166 valence electrons. The van der Waals surface area contributed by atoms with E-state index in [1.165, 1.54) is 45.2 Å². The van der Waals surface area contributed by atoms with Crippen molar-refractivity contribution in [1.29, 1.82) is 0 Å². The van der Waals surface area contributed by atoms with E-state index in [2.05, 4.69) is 0 Å². The van der Waals surface area contributed by atoms with Gasteiger partial charge >= 0.3 is 118 Å². The molecule has 0 amide bonds. The van der Waals surface area contributed by atoms with Gasteiger partial charge in [-0.2, -0.15) is 0 Å². The van der Waals surface area contributed by atoms with Crippen molar-refractivity contribution in [2.75, 3.05) is 0 Å². The summed E-state index contributed by atoms with van der Waals surface area (Å²) < 4.78 is 140. The Labute approximate surface area is 311 Å². The molecule has 34 heavy (non-hydrogen) atoms. The SMILES string of the molecule is O=S(=O)([O-])c1cc(I)cc(S(=O)(=O)[O-])c1-c1c(S(=O)(=O)[O-])cc(I)cc1S(=O)(=O)[O-].[Na+].[Na+].[Na+].[Na+]. The average Bonchev–Trinajstić information content (AvgIpc) is 2.50. The first kappa shape index (κ1) is 42.0. The molecule has 2 aromatic carbocycles. The van der Waals surface area contributed by atoms with Gasteiger partial charge in [0.25, 0.3) is 0 Å². The number of benzene rings is 2. The average molecular weight is 814 g/mol. The van der Waals surface area contributed by atoms with Gasteiger partial charge in [-0.05, 0) is 69.4 Å². The Balaban J connectivity index is -0.00000240. The minimum atomic E-state index is -5.68. The van der Waals surface area contributed by atoms with Gasteiger partial charge in [-0.15, -0.1) is 0 Å². The third-order valence-electron chi connectivity index (χ3n) is 3.39. The summed E-state index contributed by atoms with van der Waals surface area (Å²) in [6, 6.07) is 2.08. The normalized spacial score (nSPS) is 11.8. The molecule has 2 rings (SSSR count). The van der Waals surface area contributed by atoms with Gasteiger partial charge in [0.1, 0.15) is 40.5 Å². The Hall–Kier alpha value is 3.54. The van der Waals surface area contributed by atoms with Gasteiger partial charge in [0.2, 0.25) is 0 Å². The molecule has 22 heteroatoms. The van der Waals surface area contributed by atoms with Crippen LogP contribution in [0.2, 0.25) is 0 Å². The van der Waals surface area contributed by atoms with E-state index in [-0.39, 0.29) is 125 Å². The van der Waals surface area contributed by atoms with Crippen molar-refractivity contribution in [3.8, 4) is 11.1 Å². The van der Waals surface area contributed by atoms with Gasteiger partial charge in [-0.3, -0.25) is 0 Å². The zero-order chi connectivity index (χ0) is 23.4. The molecule has 0 radical (unpaired) electrons. The number of hydrogen-bond acceptors (Lipinski definition) is 12. The Morgan fingerprint density at radius 1 is 0.441 bits per heavy atom. The minimum Gasteiger partial charge on any atom is -0.744 e. The molecule has 2 aromatic rings. The van der Waals surface area contributed by atoms with Gasteiger partial charge in [-0.1, -0.05) is 0 Å². The van der Waals surface area contributed by atoms with Crippen LogP contribution < -0.4 is 118 Å². The van der Waals surface area contributed by atoms with Crippen LogP contribution in [0.15, 0.2) is 43.8 Å². The maximum absolute atomic E-state index is 11.7. The Bertz CT molecular complexity index is 1290. The molecule has 0 saturated heterocycles. The van der Waals surface area contributed by atoms with E-state index < -0.39 is 71.2 Å². The monoisotopic (exact) mass is 814 g/mol. The van der Waals surface area contributed by atoms with Crippen molar-refractivity contribution >= 4 is 85.7 Å². The molecule has 0 bridgehead atoms. The van der Waals surface area contributed by atoms with E-state index in [4.69, 9.17) is 0 Å². The van der Waals surface area contributed by atoms with Crippen molar-refractivity contribution < 1.29 is 170 Å². The predicted octanol–water partition coefficient (Wildman–Crippen LogP) is -11.8. The molecule has 0 aromatic heterocycles. The van der Waals surface area contributed by atoms with Crippen LogP contribution in [0.4, 0.5) is 0 Å². The van der Waals surface area contributed by atoms with Gasteiger partial charge in [-0.25, -0.2) is 33.7 Å². The van der Waals surface area contributed by atoms with Gasteiger partial charge in [0, 0.05) is 18.3 Å². The van der Waals surface area contributed by atoms with Crippen LogP contribution in [0.5, 0.6) is 0 Å². The van der Waals surface area contributed by atoms with Crippen molar-refractivity contribution in [1.82, 2.24) is 0 Å². The summed E-state index contributed by atoms with van der Waals surface area (Å²) in [6.07, 6.45) is 0. The molecule has 0 heterocycles. The first-order valence-electron chi connectivity index (χ1n) is 6.75. The Kier molecular flexibility index (Phi) is 18.5. The molecule has 0 saturated carbocycles. The molecule has 0 aliphatic carbocycles. The zero-order valence-corrected chi connectivity index (χ0v) is 33.2. The van der Waals surface area contributed by atoms with Gasteiger partial charge in [0.05, 0.1) is 19.6 Å². The van der Waals surface area contributed by atoms with Crippen LogP contribution in [0.3, 0.4) is 0 Å². The van der Waals surface area contributed by atoms with E-state index in [0.717, 1.165) is 0 Å². The quantitative estimate of drug-likeness (QED) is 0.156. The van der Waals surface area contributed by atoms with E-state index in [1.54, 1.807) is 0 Å². The maximum atomic E-state index is 11.7. The molecule has 0 N–H and O–H groups in total. The molecular weight excluding hydrogens is 810 g/mol. The Morgan fingerprint density at radius 3 is 0.706 bits per heavy atom. The number of halogens is 2. The summed E-state index contributed by atoms with van der Waals surface area (Å²) in [4.78, 5) is -6.06. The molecule has 0 fully saturated rings. The third-order valence-corrected chi connectivity index (χ3v) is 8.08. The predicted molar refractivity (Wildman–Crippen MR) is 109 cm³/mol. The van der Waals surface area contributed by atoms with Crippen LogP contribution in [0, 0.1) is 7.14 Å². The second-order valence-corrected chi connectivity index (χ2v) is 13.3. The summed E-state index contributed by atoms with van der Waals surface area (Å²) in [5.74, 6) is 0. The number of hydrogen-bond donors (Lipinski definition) is 0. The number of rotatable bonds is 5. The second kappa shape index (κ2) is 15.0. The van der Waals surface area contributed by atoms with Gasteiger partial charge in [0.15, 0.2) is 0 Å². The fourth-order valence-electron chi connectivity index (χ4n) is 2.40. The summed E-state index contributed by atoms with van der Waals surface area (Å²) >= 11 is 2.67. The fraction of sp³-hybridized carbons (Fsp3) is 0. The fourth-order valence-corrected chi connectivity index (χ4v) is 7.55. The largest absolute Gasteiger partial charge is 1.00 e. The second-order valence-electron chi connectivity index (χ2n) is 5.37. The van der Waals surface area contributed by atoms with E-state index in [0.29, 0.717) is 24.3 Å². The van der Waals surface area contributed by atoms with Crippen LogP contribution >= 0.6 is 45.2 Å². The molecule has 12 nitrogen and oxygen atoms in total. The van der Waals surface area contributed by atoms with E-state index in [9.17, 15) is 51.9 Å². The first-order valence-corrected chi connectivity index (χ1v) is 14.5.